The molecule has 4 aromatic rings. The molecule has 3 aromatic heterocycles. The van der Waals surface area contributed by atoms with Gasteiger partial charge < -0.3 is 14.3 Å². The lowest BCUT2D eigenvalue weighted by molar-refractivity contribution is -0.115. The molecular weight excluding hydrogens is 364 g/mol. The number of benzene rings is 1. The summed E-state index contributed by atoms with van der Waals surface area (Å²) in [6.45, 7) is 2.82. The number of aryl methyl sites for hydroxylation is 2. The van der Waals surface area contributed by atoms with Crippen LogP contribution in [0.15, 0.2) is 55.0 Å². The number of nitrogens with one attached hydrogen (secondary N) is 1. The van der Waals surface area contributed by atoms with E-state index in [1.165, 1.54) is 5.56 Å². The number of carbonyl (C=O) groups is 1. The molecule has 29 heavy (non-hydrogen) atoms. The van der Waals surface area contributed by atoms with Crippen molar-refractivity contribution in [1.82, 2.24) is 24.1 Å². The molecule has 146 valence electrons. The molecule has 0 saturated heterocycles. The van der Waals surface area contributed by atoms with Gasteiger partial charge in [-0.2, -0.15) is 0 Å². The summed E-state index contributed by atoms with van der Waals surface area (Å²) >= 11 is 0. The molecule has 7 heteroatoms. The largest absolute Gasteiger partial charge is 0.326 e. The third kappa shape index (κ3) is 3.40. The van der Waals surface area contributed by atoms with Crippen molar-refractivity contribution in [3.05, 3.63) is 77.8 Å². The minimum atomic E-state index is -0.0411. The number of imidazole rings is 1. The Bertz CT molecular complexity index is 1190. The second kappa shape index (κ2) is 7.16. The summed E-state index contributed by atoms with van der Waals surface area (Å²) in [6, 6.07) is 14.0. The zero-order chi connectivity index (χ0) is 19.8. The fraction of sp³-hybridized carbons (Fsp3) is 0.273. The number of amides is 1. The van der Waals surface area contributed by atoms with Crippen LogP contribution in [0.1, 0.15) is 35.1 Å². The molecule has 0 aliphatic carbocycles. The Hall–Kier alpha value is -3.48. The van der Waals surface area contributed by atoms with Crippen molar-refractivity contribution in [3.8, 4) is 0 Å². The summed E-state index contributed by atoms with van der Waals surface area (Å²) in [7, 11) is 0. The number of carbonyl (C=O) groups excluding carboxylic acids is 1. The first-order chi connectivity index (χ1) is 14.2. The molecule has 1 aliphatic rings. The van der Waals surface area contributed by atoms with E-state index >= 15 is 0 Å². The van der Waals surface area contributed by atoms with E-state index in [0.717, 1.165) is 47.9 Å². The first-order valence-corrected chi connectivity index (χ1v) is 9.86. The number of pyridine rings is 1. The maximum Gasteiger partial charge on any atom is 0.230 e. The normalized spacial score (nSPS) is 16.0. The Kier molecular flexibility index (Phi) is 4.35. The predicted octanol–water partition coefficient (Wildman–Crippen LogP) is 3.15. The maximum atomic E-state index is 12.7. The Morgan fingerprint density at radius 2 is 2.17 bits per heavy atom. The topological polar surface area (TPSA) is 77.1 Å². The van der Waals surface area contributed by atoms with E-state index in [1.807, 2.05) is 47.9 Å². The van der Waals surface area contributed by atoms with Gasteiger partial charge in [0.25, 0.3) is 0 Å². The summed E-state index contributed by atoms with van der Waals surface area (Å²) in [5.74, 6) is 1.41. The molecular formula is C22H22N6O. The maximum absolute atomic E-state index is 12.7. The first kappa shape index (κ1) is 17.6. The van der Waals surface area contributed by atoms with Crippen LogP contribution >= 0.6 is 0 Å². The molecule has 7 nitrogen and oxygen atoms in total. The lowest BCUT2D eigenvalue weighted by Crippen LogP contribution is -2.19. The Labute approximate surface area is 168 Å². The molecule has 1 atom stereocenters. The van der Waals surface area contributed by atoms with Gasteiger partial charge in [0.2, 0.25) is 5.91 Å². The van der Waals surface area contributed by atoms with E-state index < -0.39 is 0 Å². The minimum Gasteiger partial charge on any atom is -0.326 e. The molecule has 5 rings (SSSR count). The molecule has 0 radical (unpaired) electrons. The van der Waals surface area contributed by atoms with Gasteiger partial charge in [-0.25, -0.2) is 4.98 Å². The monoisotopic (exact) mass is 386 g/mol. The quantitative estimate of drug-likeness (QED) is 0.585. The molecule has 1 N–H and O–H groups in total. The number of aromatic nitrogens is 5. The molecule has 1 aliphatic heterocycles. The van der Waals surface area contributed by atoms with Gasteiger partial charge in [0, 0.05) is 30.8 Å². The average molecular weight is 386 g/mol. The standard InChI is InChI=1S/C22H22N6O/c1-15-19(28-10-3-2-7-20(28)24-15)12-22(29)25-18-6-4-5-16(11-18)17-8-9-21-26-23-14-27(21)13-17/h2-7,10-11,14,17H,8-9,12-13H2,1H3,(H,25,29). The molecule has 0 fully saturated rings. The summed E-state index contributed by atoms with van der Waals surface area (Å²) in [5, 5.41) is 11.2. The number of nitrogens with zero attached hydrogens (tertiary/aromatic N) is 5. The van der Waals surface area contributed by atoms with Crippen molar-refractivity contribution in [2.75, 3.05) is 5.32 Å². The van der Waals surface area contributed by atoms with E-state index in [0.29, 0.717) is 5.92 Å². The van der Waals surface area contributed by atoms with Crippen molar-refractivity contribution in [2.24, 2.45) is 0 Å². The number of rotatable bonds is 4. The van der Waals surface area contributed by atoms with Crippen LogP contribution in [-0.2, 0) is 24.2 Å². The van der Waals surface area contributed by atoms with E-state index in [1.54, 1.807) is 6.33 Å². The van der Waals surface area contributed by atoms with Gasteiger partial charge in [-0.15, -0.1) is 10.2 Å². The lowest BCUT2D eigenvalue weighted by atomic mass is 9.91. The fourth-order valence-electron chi connectivity index (χ4n) is 4.13. The molecule has 0 saturated carbocycles. The highest BCUT2D eigenvalue weighted by Crippen LogP contribution is 2.29. The van der Waals surface area contributed by atoms with Gasteiger partial charge in [-0.3, -0.25) is 4.79 Å². The smallest absolute Gasteiger partial charge is 0.230 e. The summed E-state index contributed by atoms with van der Waals surface area (Å²) in [4.78, 5) is 17.3. The van der Waals surface area contributed by atoms with Gasteiger partial charge in [-0.1, -0.05) is 18.2 Å². The average Bonchev–Trinajstić information content (AvgIpc) is 3.32. The predicted molar refractivity (Wildman–Crippen MR) is 110 cm³/mol. The SMILES string of the molecule is Cc1nc2ccccn2c1CC(=O)Nc1cccc(C2CCc3nncn3C2)c1. The van der Waals surface area contributed by atoms with Crippen molar-refractivity contribution in [3.63, 3.8) is 0 Å². The van der Waals surface area contributed by atoms with Crippen LogP contribution in [-0.4, -0.2) is 30.1 Å². The van der Waals surface area contributed by atoms with Crippen LogP contribution < -0.4 is 5.32 Å². The van der Waals surface area contributed by atoms with E-state index in [2.05, 4.69) is 37.2 Å². The van der Waals surface area contributed by atoms with Crippen LogP contribution in [0.25, 0.3) is 5.65 Å². The molecule has 1 amide bonds. The van der Waals surface area contributed by atoms with E-state index in [9.17, 15) is 4.79 Å². The fourth-order valence-corrected chi connectivity index (χ4v) is 4.13. The van der Waals surface area contributed by atoms with Gasteiger partial charge in [0.1, 0.15) is 17.8 Å². The third-order valence-electron chi connectivity index (χ3n) is 5.63. The van der Waals surface area contributed by atoms with E-state index in [-0.39, 0.29) is 12.3 Å². The first-order valence-electron chi connectivity index (χ1n) is 9.86. The Balaban J connectivity index is 1.31. The van der Waals surface area contributed by atoms with Crippen molar-refractivity contribution < 1.29 is 4.79 Å². The number of anilines is 1. The van der Waals surface area contributed by atoms with Crippen LogP contribution in [0.4, 0.5) is 5.69 Å². The number of hydrogen-bond acceptors (Lipinski definition) is 4. The Morgan fingerprint density at radius 1 is 1.24 bits per heavy atom. The summed E-state index contributed by atoms with van der Waals surface area (Å²) in [5.41, 5.74) is 4.72. The zero-order valence-electron chi connectivity index (χ0n) is 16.2. The molecule has 0 bridgehead atoms. The third-order valence-corrected chi connectivity index (χ3v) is 5.63. The highest BCUT2D eigenvalue weighted by molar-refractivity contribution is 5.92. The van der Waals surface area contributed by atoms with Crippen LogP contribution in [0, 0.1) is 6.92 Å². The van der Waals surface area contributed by atoms with Gasteiger partial charge >= 0.3 is 0 Å². The second-order valence-electron chi connectivity index (χ2n) is 7.56. The highest BCUT2D eigenvalue weighted by atomic mass is 16.1. The van der Waals surface area contributed by atoms with Crippen LogP contribution in [0.5, 0.6) is 0 Å². The van der Waals surface area contributed by atoms with Crippen molar-refractivity contribution in [1.29, 1.82) is 0 Å². The van der Waals surface area contributed by atoms with Crippen molar-refractivity contribution in [2.45, 2.75) is 38.6 Å². The lowest BCUT2D eigenvalue weighted by Gasteiger charge is -2.23. The van der Waals surface area contributed by atoms with Crippen molar-refractivity contribution >= 4 is 17.2 Å². The van der Waals surface area contributed by atoms with Gasteiger partial charge in [0.05, 0.1) is 17.8 Å². The van der Waals surface area contributed by atoms with Crippen LogP contribution in [0.3, 0.4) is 0 Å². The Morgan fingerprint density at radius 3 is 3.10 bits per heavy atom. The number of hydrogen-bond donors (Lipinski definition) is 1. The molecule has 1 aromatic carbocycles. The summed E-state index contributed by atoms with van der Waals surface area (Å²) < 4.78 is 4.09. The van der Waals surface area contributed by atoms with Gasteiger partial charge in [-0.05, 0) is 43.2 Å². The number of fused-ring (bicyclic) bond motifs is 2. The van der Waals surface area contributed by atoms with Gasteiger partial charge in [0.15, 0.2) is 0 Å². The molecule has 1 unspecified atom stereocenters. The summed E-state index contributed by atoms with van der Waals surface area (Å²) in [6.07, 6.45) is 5.99. The molecule has 0 spiro atoms. The zero-order valence-corrected chi connectivity index (χ0v) is 16.2. The second-order valence-corrected chi connectivity index (χ2v) is 7.56. The van der Waals surface area contributed by atoms with E-state index in [4.69, 9.17) is 0 Å². The van der Waals surface area contributed by atoms with Crippen LogP contribution in [0.2, 0.25) is 0 Å². The highest BCUT2D eigenvalue weighted by Gasteiger charge is 2.21. The molecule has 4 heterocycles. The minimum absolute atomic E-state index is 0.0411.